The number of para-hydroxylation sites is 3. The summed E-state index contributed by atoms with van der Waals surface area (Å²) in [6.45, 7) is 3.65. The molecule has 8 heteroatoms. The molecule has 0 aliphatic heterocycles. The van der Waals surface area contributed by atoms with Crippen LogP contribution in [0.4, 0.5) is 5.69 Å². The Morgan fingerprint density at radius 1 is 0.862 bits per heavy atom. The summed E-state index contributed by atoms with van der Waals surface area (Å²) in [7, 11) is 0. The Morgan fingerprint density at radius 2 is 1.48 bits per heavy atom. The van der Waals surface area contributed by atoms with E-state index in [0.717, 1.165) is 0 Å². The molecule has 2 amide bonds. The van der Waals surface area contributed by atoms with E-state index in [0.29, 0.717) is 36.0 Å². The van der Waals surface area contributed by atoms with Gasteiger partial charge in [0.2, 0.25) is 0 Å². The van der Waals surface area contributed by atoms with Gasteiger partial charge in [0, 0.05) is 0 Å². The summed E-state index contributed by atoms with van der Waals surface area (Å²) >= 11 is 0. The van der Waals surface area contributed by atoms with E-state index in [1.54, 1.807) is 48.5 Å². The van der Waals surface area contributed by atoms with Gasteiger partial charge in [0.1, 0.15) is 18.0 Å². The Bertz CT molecular complexity index is 853. The summed E-state index contributed by atoms with van der Waals surface area (Å²) < 4.78 is 15.7. The molecule has 0 bridgehead atoms. The number of esters is 1. The maximum absolute atomic E-state index is 12.2. The average Bonchev–Trinajstić information content (AvgIpc) is 2.73. The van der Waals surface area contributed by atoms with Crippen LogP contribution in [0.1, 0.15) is 24.2 Å². The zero-order valence-corrected chi connectivity index (χ0v) is 16.4. The molecule has 0 spiro atoms. The van der Waals surface area contributed by atoms with Crippen molar-refractivity contribution in [2.24, 2.45) is 0 Å². The number of amides is 2. The van der Waals surface area contributed by atoms with Gasteiger partial charge in [-0.1, -0.05) is 24.3 Å². The van der Waals surface area contributed by atoms with Gasteiger partial charge in [-0.3, -0.25) is 14.4 Å². The second kappa shape index (κ2) is 11.3. The highest BCUT2D eigenvalue weighted by molar-refractivity contribution is 5.98. The summed E-state index contributed by atoms with van der Waals surface area (Å²) in [6, 6.07) is 13.6. The monoisotopic (exact) mass is 400 g/mol. The number of nitrogens with one attached hydrogen (secondary N) is 2. The average molecular weight is 400 g/mol. The molecule has 0 atom stereocenters. The lowest BCUT2D eigenvalue weighted by Gasteiger charge is -2.12. The van der Waals surface area contributed by atoms with Gasteiger partial charge in [-0.25, -0.2) is 0 Å². The van der Waals surface area contributed by atoms with Crippen molar-refractivity contribution in [3.63, 3.8) is 0 Å². The van der Waals surface area contributed by atoms with Crippen LogP contribution in [0.2, 0.25) is 0 Å². The zero-order chi connectivity index (χ0) is 21.1. The molecular weight excluding hydrogens is 376 g/mol. The van der Waals surface area contributed by atoms with Gasteiger partial charge in [0.25, 0.3) is 11.8 Å². The molecule has 0 unspecified atom stereocenters. The molecule has 0 saturated heterocycles. The molecule has 0 heterocycles. The molecule has 2 rings (SSSR count). The van der Waals surface area contributed by atoms with Crippen LogP contribution in [-0.4, -0.2) is 44.1 Å². The topological polar surface area (TPSA) is 103 Å². The van der Waals surface area contributed by atoms with E-state index in [-0.39, 0.29) is 6.54 Å². The molecule has 2 aromatic rings. The molecule has 29 heavy (non-hydrogen) atoms. The largest absolute Gasteiger partial charge is 0.493 e. The maximum Gasteiger partial charge on any atom is 0.325 e. The van der Waals surface area contributed by atoms with Gasteiger partial charge in [-0.2, -0.15) is 0 Å². The van der Waals surface area contributed by atoms with Crippen molar-refractivity contribution >= 4 is 23.5 Å². The number of benzene rings is 2. The van der Waals surface area contributed by atoms with Crippen LogP contribution >= 0.6 is 0 Å². The van der Waals surface area contributed by atoms with Gasteiger partial charge < -0.3 is 24.8 Å². The minimum Gasteiger partial charge on any atom is -0.493 e. The van der Waals surface area contributed by atoms with Crippen molar-refractivity contribution in [3.8, 4) is 11.5 Å². The van der Waals surface area contributed by atoms with Crippen molar-refractivity contribution in [2.75, 3.05) is 31.7 Å². The van der Waals surface area contributed by atoms with Crippen LogP contribution in [0.15, 0.2) is 48.5 Å². The third-order valence-electron chi connectivity index (χ3n) is 3.65. The lowest BCUT2D eigenvalue weighted by Crippen LogP contribution is -2.32. The third-order valence-corrected chi connectivity index (χ3v) is 3.65. The van der Waals surface area contributed by atoms with Gasteiger partial charge >= 0.3 is 5.97 Å². The Kier molecular flexibility index (Phi) is 8.50. The van der Waals surface area contributed by atoms with Crippen molar-refractivity contribution in [1.82, 2.24) is 5.32 Å². The Balaban J connectivity index is 1.80. The Labute approximate surface area is 169 Å². The van der Waals surface area contributed by atoms with E-state index in [1.165, 1.54) is 0 Å². The maximum atomic E-state index is 12.2. The van der Waals surface area contributed by atoms with Gasteiger partial charge in [0.15, 0.2) is 6.61 Å². The number of carbonyl (C=O) groups is 3. The Morgan fingerprint density at radius 3 is 2.21 bits per heavy atom. The molecule has 8 nitrogen and oxygen atoms in total. The van der Waals surface area contributed by atoms with E-state index in [4.69, 9.17) is 14.2 Å². The third kappa shape index (κ3) is 6.84. The number of ether oxygens (including phenoxy) is 3. The first-order valence-electron chi connectivity index (χ1n) is 9.22. The second-order valence-electron chi connectivity index (χ2n) is 5.75. The van der Waals surface area contributed by atoms with Crippen LogP contribution in [0, 0.1) is 0 Å². The second-order valence-corrected chi connectivity index (χ2v) is 5.75. The molecule has 0 aromatic heterocycles. The smallest absolute Gasteiger partial charge is 0.325 e. The Hall–Kier alpha value is -3.55. The lowest BCUT2D eigenvalue weighted by molar-refractivity contribution is -0.146. The first-order valence-corrected chi connectivity index (χ1v) is 9.22. The van der Waals surface area contributed by atoms with Crippen molar-refractivity contribution < 1.29 is 28.6 Å². The van der Waals surface area contributed by atoms with Crippen LogP contribution in [-0.2, 0) is 14.3 Å². The van der Waals surface area contributed by atoms with Crippen LogP contribution < -0.4 is 20.1 Å². The first-order chi connectivity index (χ1) is 14.0. The van der Waals surface area contributed by atoms with Crippen molar-refractivity contribution in [3.05, 3.63) is 54.1 Å². The minimum atomic E-state index is -0.736. The van der Waals surface area contributed by atoms with Crippen molar-refractivity contribution in [2.45, 2.75) is 13.8 Å². The molecule has 154 valence electrons. The lowest BCUT2D eigenvalue weighted by atomic mass is 10.2. The summed E-state index contributed by atoms with van der Waals surface area (Å²) in [5.41, 5.74) is 0.795. The SMILES string of the molecule is CCOc1ccccc1NC(=O)COC(=O)CNC(=O)c1ccccc1OCC. The zero-order valence-electron chi connectivity index (χ0n) is 16.4. The van der Waals surface area contributed by atoms with E-state index >= 15 is 0 Å². The molecule has 2 N–H and O–H groups in total. The van der Waals surface area contributed by atoms with Crippen LogP contribution in [0.3, 0.4) is 0 Å². The summed E-state index contributed by atoms with van der Waals surface area (Å²) in [5, 5.41) is 5.07. The number of hydrogen-bond donors (Lipinski definition) is 2. The highest BCUT2D eigenvalue weighted by atomic mass is 16.5. The fourth-order valence-corrected chi connectivity index (χ4v) is 2.42. The number of carbonyl (C=O) groups excluding carboxylic acids is 3. The molecule has 0 aliphatic rings. The molecule has 0 radical (unpaired) electrons. The molecule has 2 aromatic carbocycles. The van der Waals surface area contributed by atoms with Crippen LogP contribution in [0.5, 0.6) is 11.5 Å². The normalized spacial score (nSPS) is 10.0. The highest BCUT2D eigenvalue weighted by Gasteiger charge is 2.15. The number of hydrogen-bond acceptors (Lipinski definition) is 6. The minimum absolute atomic E-state index is 0.312. The van der Waals surface area contributed by atoms with E-state index in [9.17, 15) is 14.4 Å². The van der Waals surface area contributed by atoms with Gasteiger partial charge in [0.05, 0.1) is 24.5 Å². The standard InChI is InChI=1S/C21H24N2O6/c1-3-27-17-11-7-5-9-15(17)21(26)22-13-20(25)29-14-19(24)23-16-10-6-8-12-18(16)28-4-2/h5-12H,3-4,13-14H2,1-2H3,(H,22,26)(H,23,24). The van der Waals surface area contributed by atoms with E-state index in [2.05, 4.69) is 10.6 Å². The molecular formula is C21H24N2O6. The van der Waals surface area contributed by atoms with E-state index < -0.39 is 24.4 Å². The molecule has 0 aliphatic carbocycles. The fraction of sp³-hybridized carbons (Fsp3) is 0.286. The number of anilines is 1. The first kappa shape index (κ1) is 21.7. The summed E-state index contributed by atoms with van der Waals surface area (Å²) in [6.07, 6.45) is 0. The predicted molar refractivity (Wildman–Crippen MR) is 107 cm³/mol. The quantitative estimate of drug-likeness (QED) is 0.594. The fourth-order valence-electron chi connectivity index (χ4n) is 2.42. The summed E-state index contributed by atoms with van der Waals surface area (Å²) in [5.74, 6) is -0.775. The van der Waals surface area contributed by atoms with Gasteiger partial charge in [-0.05, 0) is 38.1 Å². The van der Waals surface area contributed by atoms with Crippen LogP contribution in [0.25, 0.3) is 0 Å². The van der Waals surface area contributed by atoms with Crippen molar-refractivity contribution in [1.29, 1.82) is 0 Å². The molecule has 0 fully saturated rings. The number of rotatable bonds is 10. The van der Waals surface area contributed by atoms with Gasteiger partial charge in [-0.15, -0.1) is 0 Å². The summed E-state index contributed by atoms with van der Waals surface area (Å²) in [4.78, 5) is 36.1. The predicted octanol–water partition coefficient (Wildman–Crippen LogP) is 2.40. The molecule has 0 saturated carbocycles. The highest BCUT2D eigenvalue weighted by Crippen LogP contribution is 2.23. The van der Waals surface area contributed by atoms with E-state index in [1.807, 2.05) is 13.8 Å².